The number of hydrogen-bond donors (Lipinski definition) is 2. The molecule has 1 saturated heterocycles. The van der Waals surface area contributed by atoms with Crippen molar-refractivity contribution in [3.05, 3.63) is 119 Å². The Hall–Kier alpha value is -4.87. The van der Waals surface area contributed by atoms with Gasteiger partial charge in [-0.2, -0.15) is 0 Å². The average Bonchev–Trinajstić information content (AvgIpc) is 3.91. The zero-order valence-corrected chi connectivity index (χ0v) is 32.2. The first kappa shape index (κ1) is 35.2. The van der Waals surface area contributed by atoms with Gasteiger partial charge in [-0.05, 0) is 109 Å². The predicted molar refractivity (Wildman–Crippen MR) is 214 cm³/mol. The van der Waals surface area contributed by atoms with Gasteiger partial charge in [0.2, 0.25) is 8.32 Å². The van der Waals surface area contributed by atoms with Crippen molar-refractivity contribution in [1.82, 2.24) is 24.8 Å². The van der Waals surface area contributed by atoms with Crippen LogP contribution >= 0.6 is 0 Å². The van der Waals surface area contributed by atoms with E-state index in [2.05, 4.69) is 97.3 Å². The summed E-state index contributed by atoms with van der Waals surface area (Å²) in [6.07, 6.45) is 4.24. The van der Waals surface area contributed by atoms with E-state index in [-0.39, 0.29) is 17.4 Å². The minimum atomic E-state index is -2.07. The standard InChI is InChI=1S/C43H48N6O3Si/c1-43(2,3)53(4,5)52-38-26-28(13-16-33(38)42-50-24-25-51-42)21-23-45-36-18-14-30-27-31(15-17-32(30)36)49-40(34-12-9-22-46-39(34)44)48-37-20-19-35(47-41(37)49)29-10-7-6-8-11-29/h6-13,15-17,19-20,22,26-27,36,42,45H,14,18,21,23-25H2,1-5H3,(H2,44,46). The number of fused-ring (bicyclic) bond motifs is 2. The molecule has 0 radical (unpaired) electrons. The molecule has 0 bridgehead atoms. The van der Waals surface area contributed by atoms with Gasteiger partial charge in [0.05, 0.1) is 24.5 Å². The van der Waals surface area contributed by atoms with E-state index in [0.29, 0.717) is 19.0 Å². The zero-order chi connectivity index (χ0) is 36.7. The normalized spacial score (nSPS) is 16.4. The highest BCUT2D eigenvalue weighted by Crippen LogP contribution is 2.41. The van der Waals surface area contributed by atoms with Crippen LogP contribution in [0.3, 0.4) is 0 Å². The number of pyridine rings is 2. The molecule has 1 fully saturated rings. The van der Waals surface area contributed by atoms with Gasteiger partial charge in [0, 0.05) is 29.1 Å². The largest absolute Gasteiger partial charge is 0.543 e. The summed E-state index contributed by atoms with van der Waals surface area (Å²) < 4.78 is 20.8. The molecule has 0 spiro atoms. The van der Waals surface area contributed by atoms with Crippen LogP contribution in [-0.4, -0.2) is 47.6 Å². The van der Waals surface area contributed by atoms with Crippen molar-refractivity contribution >= 4 is 25.3 Å². The summed E-state index contributed by atoms with van der Waals surface area (Å²) >= 11 is 0. The number of imidazole rings is 1. The molecule has 6 aromatic rings. The van der Waals surface area contributed by atoms with Gasteiger partial charge in [-0.3, -0.25) is 4.57 Å². The summed E-state index contributed by atoms with van der Waals surface area (Å²) in [4.78, 5) is 14.6. The molecule has 3 aromatic carbocycles. The van der Waals surface area contributed by atoms with Gasteiger partial charge < -0.3 is 25.0 Å². The third-order valence-electron chi connectivity index (χ3n) is 11.0. The maximum absolute atomic E-state index is 6.85. The van der Waals surface area contributed by atoms with Crippen LogP contribution in [0, 0.1) is 0 Å². The summed E-state index contributed by atoms with van der Waals surface area (Å²) in [7, 11) is -2.07. The Bertz CT molecular complexity index is 2260. The third kappa shape index (κ3) is 7.00. The number of benzene rings is 3. The van der Waals surface area contributed by atoms with E-state index in [1.165, 1.54) is 16.7 Å². The fraction of sp³-hybridized carbons (Fsp3) is 0.326. The van der Waals surface area contributed by atoms with Crippen molar-refractivity contribution in [2.24, 2.45) is 0 Å². The molecule has 1 aliphatic heterocycles. The SMILES string of the molecule is CC(C)(C)[Si](C)(C)Oc1cc(CCNC2CCc3cc(-n4c(-c5cccnc5N)nc5ccc(-c6ccccc6)nc54)ccc32)ccc1C1OCCO1. The number of hydrogen-bond acceptors (Lipinski definition) is 8. The highest BCUT2D eigenvalue weighted by Gasteiger charge is 2.40. The number of nitrogen functional groups attached to an aromatic ring is 1. The second-order valence-electron chi connectivity index (χ2n) is 15.6. The maximum atomic E-state index is 6.85. The van der Waals surface area contributed by atoms with Crippen LogP contribution in [0.15, 0.2) is 97.2 Å². The first-order valence-electron chi connectivity index (χ1n) is 18.6. The van der Waals surface area contributed by atoms with E-state index in [1.54, 1.807) is 6.20 Å². The molecule has 2 aliphatic rings. The fourth-order valence-corrected chi connectivity index (χ4v) is 8.12. The Morgan fingerprint density at radius 3 is 2.47 bits per heavy atom. The van der Waals surface area contributed by atoms with Crippen molar-refractivity contribution in [1.29, 1.82) is 0 Å². The van der Waals surface area contributed by atoms with Crippen LogP contribution in [0.2, 0.25) is 18.1 Å². The number of aromatic nitrogens is 4. The number of rotatable bonds is 10. The zero-order valence-electron chi connectivity index (χ0n) is 31.2. The molecule has 10 heteroatoms. The molecule has 3 N–H and O–H groups in total. The minimum absolute atomic E-state index is 0.0786. The summed E-state index contributed by atoms with van der Waals surface area (Å²) in [5.74, 6) is 2.06. The minimum Gasteiger partial charge on any atom is -0.543 e. The lowest BCUT2D eigenvalue weighted by Crippen LogP contribution is -2.44. The smallest absolute Gasteiger partial charge is 0.250 e. The molecular formula is C43H48N6O3Si. The number of nitrogens with one attached hydrogen (secondary N) is 1. The Labute approximate surface area is 312 Å². The average molecular weight is 725 g/mol. The quantitative estimate of drug-likeness (QED) is 0.135. The number of anilines is 1. The Morgan fingerprint density at radius 2 is 1.70 bits per heavy atom. The van der Waals surface area contributed by atoms with Crippen LogP contribution in [0.5, 0.6) is 5.75 Å². The fourth-order valence-electron chi connectivity index (χ4n) is 7.09. The number of aryl methyl sites for hydroxylation is 1. The van der Waals surface area contributed by atoms with Crippen LogP contribution in [0.1, 0.15) is 61.8 Å². The molecule has 4 heterocycles. The van der Waals surface area contributed by atoms with Gasteiger partial charge in [0.25, 0.3) is 0 Å². The van der Waals surface area contributed by atoms with Gasteiger partial charge in [-0.25, -0.2) is 15.0 Å². The van der Waals surface area contributed by atoms with E-state index in [9.17, 15) is 0 Å². The highest BCUT2D eigenvalue weighted by molar-refractivity contribution is 6.74. The summed E-state index contributed by atoms with van der Waals surface area (Å²) in [6.45, 7) is 13.4. The molecule has 1 atom stereocenters. The van der Waals surface area contributed by atoms with Crippen LogP contribution in [-0.2, 0) is 22.3 Å². The topological polar surface area (TPSA) is 109 Å². The second kappa shape index (κ2) is 14.2. The molecule has 8 rings (SSSR count). The molecule has 0 saturated carbocycles. The number of nitrogens with two attached hydrogens (primary N) is 1. The molecule has 0 amide bonds. The number of nitrogens with zero attached hydrogens (tertiary/aromatic N) is 4. The summed E-state index contributed by atoms with van der Waals surface area (Å²) in [6, 6.07) is 31.7. The van der Waals surface area contributed by atoms with Crippen molar-refractivity contribution < 1.29 is 13.9 Å². The Morgan fingerprint density at radius 1 is 0.906 bits per heavy atom. The Balaban J connectivity index is 1.05. The Kier molecular flexibility index (Phi) is 9.40. The van der Waals surface area contributed by atoms with Crippen LogP contribution < -0.4 is 15.5 Å². The van der Waals surface area contributed by atoms with Crippen molar-refractivity contribution in [2.45, 2.75) is 70.5 Å². The molecule has 1 unspecified atom stereocenters. The van der Waals surface area contributed by atoms with Crippen LogP contribution in [0.4, 0.5) is 5.82 Å². The first-order chi connectivity index (χ1) is 25.6. The summed E-state index contributed by atoms with van der Waals surface area (Å²) in [5.41, 5.74) is 16.6. The maximum Gasteiger partial charge on any atom is 0.250 e. The van der Waals surface area contributed by atoms with Crippen molar-refractivity contribution in [3.8, 4) is 34.1 Å². The summed E-state index contributed by atoms with van der Waals surface area (Å²) in [5, 5.41) is 3.94. The molecule has 1 aliphatic carbocycles. The first-order valence-corrected chi connectivity index (χ1v) is 21.5. The van der Waals surface area contributed by atoms with E-state index in [0.717, 1.165) is 76.6 Å². The highest BCUT2D eigenvalue weighted by atomic mass is 28.4. The number of ether oxygens (including phenoxy) is 2. The predicted octanol–water partition coefficient (Wildman–Crippen LogP) is 8.98. The van der Waals surface area contributed by atoms with E-state index < -0.39 is 8.32 Å². The van der Waals surface area contributed by atoms with E-state index >= 15 is 0 Å². The van der Waals surface area contributed by atoms with Gasteiger partial charge >= 0.3 is 0 Å². The van der Waals surface area contributed by atoms with Gasteiger partial charge in [-0.15, -0.1) is 0 Å². The van der Waals surface area contributed by atoms with Crippen molar-refractivity contribution in [2.75, 3.05) is 25.5 Å². The van der Waals surface area contributed by atoms with Crippen LogP contribution in [0.25, 0.3) is 39.5 Å². The lowest BCUT2D eigenvalue weighted by atomic mass is 10.1. The third-order valence-corrected chi connectivity index (χ3v) is 15.4. The second-order valence-corrected chi connectivity index (χ2v) is 20.3. The molecular weight excluding hydrogens is 677 g/mol. The van der Waals surface area contributed by atoms with Gasteiger partial charge in [0.1, 0.15) is 17.1 Å². The van der Waals surface area contributed by atoms with E-state index in [4.69, 9.17) is 29.6 Å². The molecule has 9 nitrogen and oxygen atoms in total. The van der Waals surface area contributed by atoms with Gasteiger partial charge in [-0.1, -0.05) is 63.2 Å². The lowest BCUT2D eigenvalue weighted by Gasteiger charge is -2.37. The molecule has 53 heavy (non-hydrogen) atoms. The monoisotopic (exact) mass is 724 g/mol. The molecule has 3 aromatic heterocycles. The van der Waals surface area contributed by atoms with Crippen molar-refractivity contribution in [3.63, 3.8) is 0 Å². The molecule has 272 valence electrons. The van der Waals surface area contributed by atoms with Gasteiger partial charge in [0.15, 0.2) is 17.8 Å². The lowest BCUT2D eigenvalue weighted by molar-refractivity contribution is -0.0450. The van der Waals surface area contributed by atoms with E-state index in [1.807, 2.05) is 42.5 Å².